The fourth-order valence-corrected chi connectivity index (χ4v) is 2.00. The zero-order valence-corrected chi connectivity index (χ0v) is 10.8. The van der Waals surface area contributed by atoms with Gasteiger partial charge in [-0.15, -0.1) is 0 Å². The van der Waals surface area contributed by atoms with E-state index in [9.17, 15) is 0 Å². The van der Waals surface area contributed by atoms with Crippen LogP contribution in [0.15, 0.2) is 53.7 Å². The van der Waals surface area contributed by atoms with Gasteiger partial charge >= 0.3 is 0 Å². The quantitative estimate of drug-likeness (QED) is 0.598. The Morgan fingerprint density at radius 2 is 2.10 bits per heavy atom. The van der Waals surface area contributed by atoms with E-state index in [-0.39, 0.29) is 0 Å². The fraction of sp³-hybridized carbons (Fsp3) is 0. The molecule has 4 aromatic rings. The molecule has 2 N–H and O–H groups in total. The summed E-state index contributed by atoms with van der Waals surface area (Å²) in [4.78, 5) is 20.0. The van der Waals surface area contributed by atoms with Gasteiger partial charge in [0.2, 0.25) is 0 Å². The summed E-state index contributed by atoms with van der Waals surface area (Å²) in [5.74, 6) is 2.62. The van der Waals surface area contributed by atoms with Crippen molar-refractivity contribution >= 4 is 22.7 Å². The van der Waals surface area contributed by atoms with Gasteiger partial charge < -0.3 is 14.7 Å². The van der Waals surface area contributed by atoms with Crippen LogP contribution < -0.4 is 5.32 Å². The minimum atomic E-state index is 0.588. The van der Waals surface area contributed by atoms with E-state index in [0.717, 1.165) is 16.9 Å². The number of hydrogen-bond acceptors (Lipinski definition) is 6. The molecule has 4 rings (SSSR count). The van der Waals surface area contributed by atoms with Crippen LogP contribution in [-0.2, 0) is 0 Å². The molecule has 0 amide bonds. The van der Waals surface area contributed by atoms with Crippen LogP contribution >= 0.6 is 0 Å². The van der Waals surface area contributed by atoms with Crippen LogP contribution in [0.1, 0.15) is 0 Å². The summed E-state index contributed by atoms with van der Waals surface area (Å²) in [5, 5.41) is 3.13. The third-order valence-corrected chi connectivity index (χ3v) is 2.95. The molecule has 0 bridgehead atoms. The molecular formula is C14H10N6O. The number of anilines is 2. The molecule has 0 radical (unpaired) electrons. The van der Waals surface area contributed by atoms with E-state index in [1.807, 2.05) is 24.3 Å². The predicted molar refractivity (Wildman–Crippen MR) is 76.9 cm³/mol. The Kier molecular flexibility index (Phi) is 2.60. The summed E-state index contributed by atoms with van der Waals surface area (Å²) in [6.45, 7) is 0. The fourth-order valence-electron chi connectivity index (χ4n) is 2.00. The van der Waals surface area contributed by atoms with Gasteiger partial charge in [0.1, 0.15) is 11.6 Å². The number of pyridine rings is 2. The Bertz CT molecular complexity index is 869. The number of nitrogens with one attached hydrogen (secondary N) is 2. The predicted octanol–water partition coefficient (Wildman–Crippen LogP) is 2.75. The molecule has 0 aliphatic rings. The maximum Gasteiger partial charge on any atom is 0.189 e. The normalized spacial score (nSPS) is 10.9. The van der Waals surface area contributed by atoms with Crippen molar-refractivity contribution in [1.29, 1.82) is 0 Å². The lowest BCUT2D eigenvalue weighted by molar-refractivity contribution is 0.568. The lowest BCUT2D eigenvalue weighted by Crippen LogP contribution is -1.94. The lowest BCUT2D eigenvalue weighted by Gasteiger charge is -2.03. The molecule has 7 nitrogen and oxygen atoms in total. The second kappa shape index (κ2) is 4.71. The molecule has 102 valence electrons. The third-order valence-electron chi connectivity index (χ3n) is 2.95. The van der Waals surface area contributed by atoms with Gasteiger partial charge in [-0.3, -0.25) is 0 Å². The van der Waals surface area contributed by atoms with Gasteiger partial charge in [-0.2, -0.15) is 0 Å². The van der Waals surface area contributed by atoms with Crippen LogP contribution in [-0.4, -0.2) is 24.9 Å². The van der Waals surface area contributed by atoms with Crippen molar-refractivity contribution in [3.05, 3.63) is 49.2 Å². The van der Waals surface area contributed by atoms with Crippen molar-refractivity contribution in [3.63, 3.8) is 0 Å². The van der Waals surface area contributed by atoms with E-state index in [0.29, 0.717) is 17.4 Å². The average molecular weight is 278 g/mol. The number of fused-ring (bicyclic) bond motifs is 1. The molecule has 0 aliphatic heterocycles. The Morgan fingerprint density at radius 3 is 2.90 bits per heavy atom. The Hall–Kier alpha value is -3.22. The van der Waals surface area contributed by atoms with Gasteiger partial charge in [-0.05, 0) is 12.1 Å². The minimum absolute atomic E-state index is 0.588. The SMILES string of the molecule is c1ccc(Nc2cc3nc(-c4cnco4)[nH]c3cn2)nc1. The number of rotatable bonds is 3. The van der Waals surface area contributed by atoms with E-state index in [2.05, 4.69) is 30.2 Å². The highest BCUT2D eigenvalue weighted by Crippen LogP contribution is 2.22. The maximum absolute atomic E-state index is 5.22. The zero-order valence-electron chi connectivity index (χ0n) is 10.8. The van der Waals surface area contributed by atoms with E-state index < -0.39 is 0 Å². The standard InChI is InChI=1S/C14H10N6O/c1-2-4-16-12(3-1)20-13-5-9-10(6-17-13)19-14(18-9)11-7-15-8-21-11/h1-8H,(H,18,19)(H,16,17,20). The number of hydrogen-bond donors (Lipinski definition) is 2. The van der Waals surface area contributed by atoms with Gasteiger partial charge in [-0.1, -0.05) is 6.07 Å². The van der Waals surface area contributed by atoms with Crippen LogP contribution in [0.2, 0.25) is 0 Å². The van der Waals surface area contributed by atoms with Gasteiger partial charge in [0.05, 0.1) is 23.4 Å². The van der Waals surface area contributed by atoms with Crippen LogP contribution in [0.3, 0.4) is 0 Å². The van der Waals surface area contributed by atoms with Crippen LogP contribution in [0.5, 0.6) is 0 Å². The van der Waals surface area contributed by atoms with E-state index in [4.69, 9.17) is 4.42 Å². The van der Waals surface area contributed by atoms with Crippen molar-refractivity contribution in [2.75, 3.05) is 5.32 Å². The number of oxazole rings is 1. The summed E-state index contributed by atoms with van der Waals surface area (Å²) < 4.78 is 5.22. The zero-order chi connectivity index (χ0) is 14.1. The first kappa shape index (κ1) is 11.6. The van der Waals surface area contributed by atoms with E-state index >= 15 is 0 Å². The van der Waals surface area contributed by atoms with E-state index in [1.54, 1.807) is 18.6 Å². The largest absolute Gasteiger partial charge is 0.440 e. The highest BCUT2D eigenvalue weighted by molar-refractivity contribution is 5.80. The first-order valence-electron chi connectivity index (χ1n) is 6.31. The molecule has 0 atom stereocenters. The van der Waals surface area contributed by atoms with Crippen molar-refractivity contribution in [2.45, 2.75) is 0 Å². The average Bonchev–Trinajstić information content (AvgIpc) is 3.17. The first-order chi connectivity index (χ1) is 10.4. The van der Waals surface area contributed by atoms with Crippen molar-refractivity contribution < 1.29 is 4.42 Å². The molecular weight excluding hydrogens is 268 g/mol. The Labute approximate surface area is 119 Å². The lowest BCUT2D eigenvalue weighted by atomic mass is 10.4. The molecule has 0 saturated carbocycles. The molecule has 21 heavy (non-hydrogen) atoms. The van der Waals surface area contributed by atoms with Crippen molar-refractivity contribution in [1.82, 2.24) is 24.9 Å². The molecule has 4 aromatic heterocycles. The number of aromatic amines is 1. The summed E-state index contributed by atoms with van der Waals surface area (Å²) in [6, 6.07) is 7.49. The molecule has 0 fully saturated rings. The smallest absolute Gasteiger partial charge is 0.189 e. The van der Waals surface area contributed by atoms with Crippen LogP contribution in [0, 0.1) is 0 Å². The van der Waals surface area contributed by atoms with Gasteiger partial charge in [0.15, 0.2) is 18.0 Å². The minimum Gasteiger partial charge on any atom is -0.440 e. The number of nitrogens with zero attached hydrogens (tertiary/aromatic N) is 4. The van der Waals surface area contributed by atoms with Crippen LogP contribution in [0.25, 0.3) is 22.6 Å². The second-order valence-corrected chi connectivity index (χ2v) is 4.38. The van der Waals surface area contributed by atoms with Crippen molar-refractivity contribution in [2.24, 2.45) is 0 Å². The summed E-state index contributed by atoms with van der Waals surface area (Å²) in [6.07, 6.45) is 6.41. The van der Waals surface area contributed by atoms with Gasteiger partial charge in [0, 0.05) is 12.3 Å². The van der Waals surface area contributed by atoms with Gasteiger partial charge in [0.25, 0.3) is 0 Å². The molecule has 0 unspecified atom stereocenters. The highest BCUT2D eigenvalue weighted by atomic mass is 16.3. The molecule has 0 spiro atoms. The first-order valence-corrected chi connectivity index (χ1v) is 6.31. The number of aromatic nitrogens is 5. The highest BCUT2D eigenvalue weighted by Gasteiger charge is 2.09. The monoisotopic (exact) mass is 278 g/mol. The topological polar surface area (TPSA) is 92.5 Å². The molecule has 0 aromatic carbocycles. The maximum atomic E-state index is 5.22. The third kappa shape index (κ3) is 2.20. The molecule has 7 heteroatoms. The molecule has 4 heterocycles. The van der Waals surface area contributed by atoms with Crippen molar-refractivity contribution in [3.8, 4) is 11.6 Å². The number of imidazole rings is 1. The Balaban J connectivity index is 1.70. The van der Waals surface area contributed by atoms with Crippen LogP contribution in [0.4, 0.5) is 11.6 Å². The Morgan fingerprint density at radius 1 is 1.10 bits per heavy atom. The molecule has 0 aliphatic carbocycles. The second-order valence-electron chi connectivity index (χ2n) is 4.38. The number of H-pyrrole nitrogens is 1. The summed E-state index contributed by atoms with van der Waals surface area (Å²) >= 11 is 0. The molecule has 0 saturated heterocycles. The van der Waals surface area contributed by atoms with Gasteiger partial charge in [-0.25, -0.2) is 19.9 Å². The van der Waals surface area contributed by atoms with E-state index in [1.165, 1.54) is 6.39 Å². The summed E-state index contributed by atoms with van der Waals surface area (Å²) in [7, 11) is 0. The summed E-state index contributed by atoms with van der Waals surface area (Å²) in [5.41, 5.74) is 1.61.